The lowest BCUT2D eigenvalue weighted by Gasteiger charge is -2.35. The van der Waals surface area contributed by atoms with E-state index in [1.165, 1.54) is 11.1 Å². The van der Waals surface area contributed by atoms with E-state index in [1.54, 1.807) is 41.8 Å². The van der Waals surface area contributed by atoms with Crippen molar-refractivity contribution in [3.63, 3.8) is 0 Å². The first-order chi connectivity index (χ1) is 16.0. The Labute approximate surface area is 197 Å². The highest BCUT2D eigenvalue weighted by molar-refractivity contribution is 7.94. The number of benzene rings is 2. The van der Waals surface area contributed by atoms with Crippen molar-refractivity contribution in [2.45, 2.75) is 17.2 Å². The molecule has 1 saturated heterocycles. The number of carbonyl (C=O) groups is 1. The molecular weight excluding hydrogens is 458 g/mol. The van der Waals surface area contributed by atoms with Crippen molar-refractivity contribution >= 4 is 33.0 Å². The number of thiophene rings is 1. The van der Waals surface area contributed by atoms with Gasteiger partial charge in [0.25, 0.3) is 15.9 Å². The fourth-order valence-corrected chi connectivity index (χ4v) is 6.27. The van der Waals surface area contributed by atoms with Crippen molar-refractivity contribution in [2.75, 3.05) is 37.5 Å². The number of amides is 1. The minimum atomic E-state index is -3.65. The summed E-state index contributed by atoms with van der Waals surface area (Å²) in [7, 11) is -3.65. The van der Waals surface area contributed by atoms with E-state index in [1.807, 2.05) is 4.90 Å². The molecule has 3 heterocycles. The molecule has 2 aliphatic rings. The van der Waals surface area contributed by atoms with Gasteiger partial charge >= 0.3 is 0 Å². The molecule has 0 bridgehead atoms. The number of rotatable bonds is 6. The van der Waals surface area contributed by atoms with Gasteiger partial charge in [-0.15, -0.1) is 11.3 Å². The summed E-state index contributed by atoms with van der Waals surface area (Å²) in [4.78, 5) is 17.2. The summed E-state index contributed by atoms with van der Waals surface area (Å²) < 4.78 is 33.4. The number of anilines is 1. The predicted octanol–water partition coefficient (Wildman–Crippen LogP) is 3.44. The highest BCUT2D eigenvalue weighted by atomic mass is 32.2. The van der Waals surface area contributed by atoms with Gasteiger partial charge in [0.2, 0.25) is 0 Å². The zero-order valence-electron chi connectivity index (χ0n) is 18.1. The minimum Gasteiger partial charge on any atom is -0.493 e. The van der Waals surface area contributed by atoms with Crippen LogP contribution in [0.2, 0.25) is 0 Å². The summed E-state index contributed by atoms with van der Waals surface area (Å²) in [5.74, 6) is 0.913. The summed E-state index contributed by atoms with van der Waals surface area (Å²) in [6.45, 7) is 4.48. The van der Waals surface area contributed by atoms with Crippen molar-refractivity contribution in [3.05, 3.63) is 76.7 Å². The van der Waals surface area contributed by atoms with E-state index >= 15 is 0 Å². The zero-order chi connectivity index (χ0) is 22.8. The maximum atomic E-state index is 13.1. The van der Waals surface area contributed by atoms with Crippen LogP contribution in [0.15, 0.2) is 64.2 Å². The van der Waals surface area contributed by atoms with Crippen LogP contribution in [0.5, 0.6) is 5.75 Å². The summed E-state index contributed by atoms with van der Waals surface area (Å²) in [6.07, 6.45) is 0.966. The van der Waals surface area contributed by atoms with Crippen molar-refractivity contribution in [2.24, 2.45) is 0 Å². The predicted molar refractivity (Wildman–Crippen MR) is 128 cm³/mol. The number of hydrogen-bond donors (Lipinski definition) is 1. The Kier molecular flexibility index (Phi) is 6.09. The van der Waals surface area contributed by atoms with Gasteiger partial charge in [-0.05, 0) is 46.8 Å². The lowest BCUT2D eigenvalue weighted by atomic mass is 10.1. The molecule has 2 aliphatic heterocycles. The Hall–Kier alpha value is -2.88. The summed E-state index contributed by atoms with van der Waals surface area (Å²) in [5, 5.41) is 1.72. The number of nitrogens with one attached hydrogen (secondary N) is 1. The zero-order valence-corrected chi connectivity index (χ0v) is 19.7. The van der Waals surface area contributed by atoms with E-state index in [4.69, 9.17) is 4.74 Å². The fourth-order valence-electron chi connectivity index (χ4n) is 4.23. The second kappa shape index (κ2) is 9.17. The summed E-state index contributed by atoms with van der Waals surface area (Å²) in [6, 6.07) is 16.3. The number of sulfonamides is 1. The standard InChI is InChI=1S/C24H25N3O4S2/c28-24(20-3-1-4-21(16-20)25-33(29,30)23-5-2-14-32-23)27-11-9-26(10-12-27)17-18-6-7-22-19(15-18)8-13-31-22/h1-7,14-16,25H,8-13,17H2. The second-order valence-corrected chi connectivity index (χ2v) is 11.1. The second-order valence-electron chi connectivity index (χ2n) is 8.23. The summed E-state index contributed by atoms with van der Waals surface area (Å²) in [5.41, 5.74) is 3.41. The van der Waals surface area contributed by atoms with Gasteiger partial charge in [-0.1, -0.05) is 24.3 Å². The minimum absolute atomic E-state index is 0.0819. The Morgan fingerprint density at radius 1 is 1.03 bits per heavy atom. The van der Waals surface area contributed by atoms with Crippen molar-refractivity contribution in [1.82, 2.24) is 9.80 Å². The Morgan fingerprint density at radius 2 is 1.88 bits per heavy atom. The highest BCUT2D eigenvalue weighted by Crippen LogP contribution is 2.27. The number of piperazine rings is 1. The number of fused-ring (bicyclic) bond motifs is 1. The SMILES string of the molecule is O=C(c1cccc(NS(=O)(=O)c2cccs2)c1)N1CCN(Cc2ccc3c(c2)CCO3)CC1. The largest absolute Gasteiger partial charge is 0.493 e. The molecule has 2 aromatic carbocycles. The number of hydrogen-bond acceptors (Lipinski definition) is 6. The van der Waals surface area contributed by atoms with E-state index in [-0.39, 0.29) is 10.1 Å². The average Bonchev–Trinajstić information content (AvgIpc) is 3.51. The molecule has 7 nitrogen and oxygen atoms in total. The van der Waals surface area contributed by atoms with Crippen molar-refractivity contribution < 1.29 is 17.9 Å². The molecule has 0 unspecified atom stereocenters. The van der Waals surface area contributed by atoms with E-state index in [0.717, 1.165) is 49.7 Å². The molecule has 0 aliphatic carbocycles. The van der Waals surface area contributed by atoms with Crippen LogP contribution in [0.4, 0.5) is 5.69 Å². The molecule has 3 aromatic rings. The van der Waals surface area contributed by atoms with Crippen LogP contribution in [-0.4, -0.2) is 56.9 Å². The van der Waals surface area contributed by atoms with Crippen LogP contribution in [-0.2, 0) is 23.0 Å². The number of ether oxygens (including phenoxy) is 1. The van der Waals surface area contributed by atoms with Gasteiger partial charge in [-0.3, -0.25) is 14.4 Å². The van der Waals surface area contributed by atoms with E-state index in [2.05, 4.69) is 27.8 Å². The quantitative estimate of drug-likeness (QED) is 0.581. The van der Waals surface area contributed by atoms with Crippen LogP contribution < -0.4 is 9.46 Å². The molecule has 0 spiro atoms. The maximum Gasteiger partial charge on any atom is 0.271 e. The Morgan fingerprint density at radius 3 is 2.67 bits per heavy atom. The van der Waals surface area contributed by atoms with Crippen molar-refractivity contribution in [3.8, 4) is 5.75 Å². The highest BCUT2D eigenvalue weighted by Gasteiger charge is 2.23. The summed E-state index contributed by atoms with van der Waals surface area (Å²) >= 11 is 1.15. The lowest BCUT2D eigenvalue weighted by molar-refractivity contribution is 0.0628. The van der Waals surface area contributed by atoms with Gasteiger partial charge in [0.05, 0.1) is 6.61 Å². The van der Waals surface area contributed by atoms with Gasteiger partial charge in [-0.25, -0.2) is 8.42 Å². The first-order valence-electron chi connectivity index (χ1n) is 10.9. The molecule has 9 heteroatoms. The van der Waals surface area contributed by atoms with Crippen LogP contribution in [0, 0.1) is 0 Å². The van der Waals surface area contributed by atoms with Crippen LogP contribution in [0.25, 0.3) is 0 Å². The molecule has 1 amide bonds. The molecule has 5 rings (SSSR count). The molecular formula is C24H25N3O4S2. The first kappa shape index (κ1) is 21.9. The molecule has 172 valence electrons. The van der Waals surface area contributed by atoms with E-state index in [0.29, 0.717) is 24.3 Å². The van der Waals surface area contributed by atoms with E-state index < -0.39 is 10.0 Å². The van der Waals surface area contributed by atoms with Gasteiger partial charge in [0.1, 0.15) is 9.96 Å². The topological polar surface area (TPSA) is 79.0 Å². The van der Waals surface area contributed by atoms with Gasteiger partial charge in [-0.2, -0.15) is 0 Å². The molecule has 1 fully saturated rings. The van der Waals surface area contributed by atoms with Gasteiger partial charge in [0.15, 0.2) is 0 Å². The molecule has 0 radical (unpaired) electrons. The monoisotopic (exact) mass is 483 g/mol. The normalized spacial score (nSPS) is 16.3. The maximum absolute atomic E-state index is 13.1. The number of nitrogens with zero attached hydrogens (tertiary/aromatic N) is 2. The Bertz CT molecular complexity index is 1250. The number of carbonyl (C=O) groups excluding carboxylic acids is 1. The van der Waals surface area contributed by atoms with Crippen LogP contribution in [0.3, 0.4) is 0 Å². The van der Waals surface area contributed by atoms with Gasteiger partial charge in [0, 0.05) is 50.4 Å². The van der Waals surface area contributed by atoms with E-state index in [9.17, 15) is 13.2 Å². The molecule has 0 atom stereocenters. The Balaban J connectivity index is 1.19. The molecule has 1 aromatic heterocycles. The first-order valence-corrected chi connectivity index (χ1v) is 13.3. The van der Waals surface area contributed by atoms with Crippen molar-refractivity contribution in [1.29, 1.82) is 0 Å². The average molecular weight is 484 g/mol. The molecule has 0 saturated carbocycles. The van der Waals surface area contributed by atoms with Crippen LogP contribution >= 0.6 is 11.3 Å². The fraction of sp³-hybridized carbons (Fsp3) is 0.292. The third-order valence-electron chi connectivity index (χ3n) is 5.94. The molecule has 1 N–H and O–H groups in total. The third-order valence-corrected chi connectivity index (χ3v) is 8.72. The smallest absolute Gasteiger partial charge is 0.271 e. The third kappa shape index (κ3) is 4.90. The van der Waals surface area contributed by atoms with Gasteiger partial charge < -0.3 is 9.64 Å². The van der Waals surface area contributed by atoms with Crippen LogP contribution in [0.1, 0.15) is 21.5 Å². The molecule has 33 heavy (non-hydrogen) atoms. The lowest BCUT2D eigenvalue weighted by Crippen LogP contribution is -2.48.